The van der Waals surface area contributed by atoms with E-state index in [9.17, 15) is 4.79 Å². The lowest BCUT2D eigenvalue weighted by Crippen LogP contribution is -2.47. The molecule has 1 aromatic carbocycles. The van der Waals surface area contributed by atoms with Gasteiger partial charge in [-0.1, -0.05) is 48.9 Å². The number of likely N-dealkylation sites (tertiary alicyclic amines) is 1. The summed E-state index contributed by atoms with van der Waals surface area (Å²) in [6.07, 6.45) is 2.01. The summed E-state index contributed by atoms with van der Waals surface area (Å²) in [5, 5.41) is 0.644. The number of hydrogen-bond acceptors (Lipinski definition) is 2. The van der Waals surface area contributed by atoms with Crippen molar-refractivity contribution in [2.24, 2.45) is 11.1 Å². The quantitative estimate of drug-likeness (QED) is 0.873. The van der Waals surface area contributed by atoms with Gasteiger partial charge in [-0.3, -0.25) is 4.79 Å². The highest BCUT2D eigenvalue weighted by molar-refractivity contribution is 7.80. The van der Waals surface area contributed by atoms with E-state index in [1.807, 2.05) is 29.2 Å². The molecule has 0 spiro atoms. The fourth-order valence-electron chi connectivity index (χ4n) is 2.41. The number of piperidine rings is 1. The number of benzene rings is 1. The van der Waals surface area contributed by atoms with E-state index in [4.69, 9.17) is 29.6 Å². The summed E-state index contributed by atoms with van der Waals surface area (Å²) in [6.45, 7) is 3.49. The zero-order chi connectivity index (χ0) is 14.8. The number of rotatable bonds is 3. The molecule has 0 atom stereocenters. The predicted molar refractivity (Wildman–Crippen MR) is 85.9 cm³/mol. The molecule has 1 saturated heterocycles. The first-order valence-electron chi connectivity index (χ1n) is 6.73. The molecule has 1 heterocycles. The van der Waals surface area contributed by atoms with Gasteiger partial charge in [0.15, 0.2) is 0 Å². The summed E-state index contributed by atoms with van der Waals surface area (Å²) < 4.78 is 0. The molecule has 1 aliphatic heterocycles. The molecular weight excluding hydrogens is 292 g/mol. The Kier molecular flexibility index (Phi) is 4.66. The molecule has 1 fully saturated rings. The van der Waals surface area contributed by atoms with Crippen molar-refractivity contribution in [1.82, 2.24) is 4.90 Å². The average molecular weight is 311 g/mol. The maximum Gasteiger partial charge on any atom is 0.227 e. The Labute approximate surface area is 130 Å². The van der Waals surface area contributed by atoms with Crippen LogP contribution in [0.15, 0.2) is 24.3 Å². The molecule has 20 heavy (non-hydrogen) atoms. The summed E-state index contributed by atoms with van der Waals surface area (Å²) in [5.41, 5.74) is 6.54. The largest absolute Gasteiger partial charge is 0.393 e. The van der Waals surface area contributed by atoms with Gasteiger partial charge >= 0.3 is 0 Å². The van der Waals surface area contributed by atoms with Gasteiger partial charge in [0.2, 0.25) is 5.91 Å². The third kappa shape index (κ3) is 3.30. The maximum absolute atomic E-state index is 12.3. The second kappa shape index (κ2) is 6.10. The van der Waals surface area contributed by atoms with Crippen molar-refractivity contribution in [2.45, 2.75) is 26.2 Å². The molecule has 2 rings (SSSR count). The molecule has 0 unspecified atom stereocenters. The molecule has 0 aromatic heterocycles. The van der Waals surface area contributed by atoms with E-state index in [1.54, 1.807) is 0 Å². The number of thiocarbonyl (C=S) groups is 1. The van der Waals surface area contributed by atoms with Crippen LogP contribution in [0.2, 0.25) is 5.02 Å². The SMILES string of the molecule is CC1(C(N)=S)CCN(C(=O)Cc2ccccc2Cl)CC1. The minimum Gasteiger partial charge on any atom is -0.393 e. The van der Waals surface area contributed by atoms with Crippen LogP contribution < -0.4 is 5.73 Å². The van der Waals surface area contributed by atoms with Crippen LogP contribution in [0.1, 0.15) is 25.3 Å². The molecule has 0 bridgehead atoms. The van der Waals surface area contributed by atoms with Gasteiger partial charge < -0.3 is 10.6 Å². The summed E-state index contributed by atoms with van der Waals surface area (Å²) in [6, 6.07) is 7.47. The number of halogens is 1. The lowest BCUT2D eigenvalue weighted by molar-refractivity contribution is -0.132. The van der Waals surface area contributed by atoms with Crippen molar-refractivity contribution >= 4 is 34.7 Å². The van der Waals surface area contributed by atoms with Crippen LogP contribution >= 0.6 is 23.8 Å². The third-order valence-corrected chi connectivity index (χ3v) is 4.98. The molecule has 5 heteroatoms. The van der Waals surface area contributed by atoms with Crippen molar-refractivity contribution in [1.29, 1.82) is 0 Å². The molecule has 1 aliphatic rings. The topological polar surface area (TPSA) is 46.3 Å². The first-order valence-corrected chi connectivity index (χ1v) is 7.52. The zero-order valence-electron chi connectivity index (χ0n) is 11.6. The standard InChI is InChI=1S/C15H19ClN2OS/c1-15(14(17)20)6-8-18(9-7-15)13(19)10-11-4-2-3-5-12(11)16/h2-5H,6-10H2,1H3,(H2,17,20). The van der Waals surface area contributed by atoms with Crippen LogP contribution in [0.4, 0.5) is 0 Å². The van der Waals surface area contributed by atoms with Crippen molar-refractivity contribution in [2.75, 3.05) is 13.1 Å². The van der Waals surface area contributed by atoms with Gasteiger partial charge in [0.05, 0.1) is 11.4 Å². The van der Waals surface area contributed by atoms with Gasteiger partial charge in [-0.2, -0.15) is 0 Å². The number of hydrogen-bond donors (Lipinski definition) is 1. The van der Waals surface area contributed by atoms with Gasteiger partial charge in [-0.15, -0.1) is 0 Å². The van der Waals surface area contributed by atoms with Crippen LogP contribution in [-0.2, 0) is 11.2 Å². The van der Waals surface area contributed by atoms with E-state index >= 15 is 0 Å². The second-order valence-electron chi connectivity index (χ2n) is 5.57. The Bertz CT molecular complexity index is 524. The van der Waals surface area contributed by atoms with Crippen LogP contribution in [-0.4, -0.2) is 28.9 Å². The molecule has 0 aliphatic carbocycles. The van der Waals surface area contributed by atoms with Gasteiger partial charge in [0, 0.05) is 23.5 Å². The lowest BCUT2D eigenvalue weighted by Gasteiger charge is -2.38. The first-order chi connectivity index (χ1) is 9.42. The molecule has 1 amide bonds. The number of nitrogens with zero attached hydrogens (tertiary/aromatic N) is 1. The fourth-order valence-corrected chi connectivity index (χ4v) is 2.82. The van der Waals surface area contributed by atoms with E-state index in [0.29, 0.717) is 29.5 Å². The maximum atomic E-state index is 12.3. The Morgan fingerprint density at radius 1 is 1.40 bits per heavy atom. The minimum absolute atomic E-state index is 0.114. The highest BCUT2D eigenvalue weighted by Crippen LogP contribution is 2.31. The number of amides is 1. The molecule has 3 nitrogen and oxygen atoms in total. The monoisotopic (exact) mass is 310 g/mol. The van der Waals surface area contributed by atoms with Crippen molar-refractivity contribution in [3.8, 4) is 0 Å². The average Bonchev–Trinajstić information content (AvgIpc) is 2.42. The summed E-state index contributed by atoms with van der Waals surface area (Å²) in [7, 11) is 0. The molecule has 1 aromatic rings. The highest BCUT2D eigenvalue weighted by Gasteiger charge is 2.34. The Balaban J connectivity index is 1.96. The van der Waals surface area contributed by atoms with E-state index in [2.05, 4.69) is 6.92 Å². The van der Waals surface area contributed by atoms with Crippen molar-refractivity contribution in [3.05, 3.63) is 34.9 Å². The van der Waals surface area contributed by atoms with Gasteiger partial charge in [0.25, 0.3) is 0 Å². The number of carbonyl (C=O) groups excluding carboxylic acids is 1. The zero-order valence-corrected chi connectivity index (χ0v) is 13.1. The van der Waals surface area contributed by atoms with E-state index in [-0.39, 0.29) is 11.3 Å². The van der Waals surface area contributed by atoms with Crippen LogP contribution in [0.25, 0.3) is 0 Å². The second-order valence-corrected chi connectivity index (χ2v) is 6.42. The highest BCUT2D eigenvalue weighted by atomic mass is 35.5. The van der Waals surface area contributed by atoms with E-state index in [0.717, 1.165) is 18.4 Å². The fraction of sp³-hybridized carbons (Fsp3) is 0.467. The Hall–Kier alpha value is -1.13. The van der Waals surface area contributed by atoms with Gasteiger partial charge in [0.1, 0.15) is 0 Å². The predicted octanol–water partition coefficient (Wildman–Crippen LogP) is 2.80. The summed E-state index contributed by atoms with van der Waals surface area (Å²) >= 11 is 11.2. The summed E-state index contributed by atoms with van der Waals surface area (Å²) in [4.78, 5) is 14.7. The summed E-state index contributed by atoms with van der Waals surface area (Å²) in [5.74, 6) is 0.114. The van der Waals surface area contributed by atoms with Crippen molar-refractivity contribution in [3.63, 3.8) is 0 Å². The lowest BCUT2D eigenvalue weighted by atomic mass is 9.80. The van der Waals surface area contributed by atoms with Crippen molar-refractivity contribution < 1.29 is 4.79 Å². The van der Waals surface area contributed by atoms with Gasteiger partial charge in [-0.05, 0) is 24.5 Å². The number of nitrogens with two attached hydrogens (primary N) is 1. The van der Waals surface area contributed by atoms with Crippen LogP contribution in [0.5, 0.6) is 0 Å². The number of carbonyl (C=O) groups is 1. The molecule has 0 radical (unpaired) electrons. The third-order valence-electron chi connectivity index (χ3n) is 4.11. The molecule has 0 saturated carbocycles. The Morgan fingerprint density at radius 3 is 2.55 bits per heavy atom. The molecule has 2 N–H and O–H groups in total. The van der Waals surface area contributed by atoms with Gasteiger partial charge in [-0.25, -0.2) is 0 Å². The van der Waals surface area contributed by atoms with Crippen LogP contribution in [0, 0.1) is 5.41 Å². The normalized spacial score (nSPS) is 17.8. The molecular formula is C15H19ClN2OS. The Morgan fingerprint density at radius 2 is 2.00 bits per heavy atom. The van der Waals surface area contributed by atoms with E-state index < -0.39 is 0 Å². The molecule has 108 valence electrons. The first kappa shape index (κ1) is 15.3. The smallest absolute Gasteiger partial charge is 0.227 e. The van der Waals surface area contributed by atoms with E-state index in [1.165, 1.54) is 0 Å². The van der Waals surface area contributed by atoms with Crippen LogP contribution in [0.3, 0.4) is 0 Å². The minimum atomic E-state index is -0.115.